The Morgan fingerprint density at radius 1 is 1.40 bits per heavy atom. The fourth-order valence-corrected chi connectivity index (χ4v) is 2.44. The molecule has 0 saturated carbocycles. The summed E-state index contributed by atoms with van der Waals surface area (Å²) in [5, 5.41) is 3.24. The second-order valence-electron chi connectivity index (χ2n) is 4.60. The van der Waals surface area contributed by atoms with Crippen LogP contribution >= 0.6 is 0 Å². The normalized spacial score (nSPS) is 31.9. The van der Waals surface area contributed by atoms with E-state index in [0.29, 0.717) is 6.54 Å². The number of nitrogens with one attached hydrogen (secondary N) is 1. The van der Waals surface area contributed by atoms with E-state index in [9.17, 15) is 9.18 Å². The number of hydrogen-bond donors (Lipinski definition) is 1. The van der Waals surface area contributed by atoms with Crippen LogP contribution in [0.15, 0.2) is 0 Å². The van der Waals surface area contributed by atoms with Gasteiger partial charge in [-0.2, -0.15) is 0 Å². The number of carbonyl (C=O) groups excluding carboxylic acids is 1. The van der Waals surface area contributed by atoms with Crippen molar-refractivity contribution >= 4 is 5.91 Å². The van der Waals surface area contributed by atoms with E-state index in [2.05, 4.69) is 5.32 Å². The molecule has 15 heavy (non-hydrogen) atoms. The molecule has 0 aromatic rings. The van der Waals surface area contributed by atoms with Gasteiger partial charge in [0, 0.05) is 19.0 Å². The number of rotatable bonds is 2. The molecule has 0 radical (unpaired) electrons. The molecule has 0 aliphatic carbocycles. The lowest BCUT2D eigenvalue weighted by atomic mass is 10.0. The number of piperidine rings is 1. The molecule has 4 heteroatoms. The van der Waals surface area contributed by atoms with Crippen LogP contribution < -0.4 is 5.32 Å². The van der Waals surface area contributed by atoms with Gasteiger partial charge in [0.1, 0.15) is 0 Å². The van der Waals surface area contributed by atoms with Gasteiger partial charge in [-0.05, 0) is 25.8 Å². The third kappa shape index (κ3) is 2.48. The van der Waals surface area contributed by atoms with Gasteiger partial charge in [-0.25, -0.2) is 0 Å². The molecule has 1 N–H and O–H groups in total. The van der Waals surface area contributed by atoms with Crippen molar-refractivity contribution in [1.29, 1.82) is 0 Å². The van der Waals surface area contributed by atoms with Crippen LogP contribution in [0.5, 0.6) is 0 Å². The quantitative estimate of drug-likeness (QED) is 0.742. The lowest BCUT2D eigenvalue weighted by molar-refractivity contribution is -0.133. The van der Waals surface area contributed by atoms with Gasteiger partial charge in [0.25, 0.3) is 0 Å². The Balaban J connectivity index is 1.85. The van der Waals surface area contributed by atoms with E-state index in [1.807, 2.05) is 4.90 Å². The molecule has 2 atom stereocenters. The van der Waals surface area contributed by atoms with E-state index in [1.165, 1.54) is 0 Å². The number of hydrogen-bond acceptors (Lipinski definition) is 2. The molecule has 0 aromatic carbocycles. The zero-order valence-electron chi connectivity index (χ0n) is 9.04. The minimum atomic E-state index is -0.290. The van der Waals surface area contributed by atoms with Gasteiger partial charge in [0.2, 0.25) is 5.91 Å². The average molecular weight is 214 g/mol. The average Bonchev–Trinajstić information content (AvgIpc) is 2.78. The van der Waals surface area contributed by atoms with Crippen LogP contribution in [0, 0.1) is 5.92 Å². The van der Waals surface area contributed by atoms with Crippen molar-refractivity contribution in [1.82, 2.24) is 10.2 Å². The predicted octanol–water partition coefficient (Wildman–Crippen LogP) is 0.946. The number of carbonyl (C=O) groups is 1. The first-order valence-corrected chi connectivity index (χ1v) is 5.89. The Labute approximate surface area is 90.0 Å². The molecule has 0 spiro atoms. The maximum atomic E-state index is 12.4. The lowest BCUT2D eigenvalue weighted by Gasteiger charge is -2.27. The Morgan fingerprint density at radius 2 is 2.27 bits per heavy atom. The summed E-state index contributed by atoms with van der Waals surface area (Å²) in [5.41, 5.74) is 0. The molecule has 86 valence electrons. The Hall–Kier alpha value is -0.640. The van der Waals surface area contributed by atoms with Crippen LogP contribution in [0.3, 0.4) is 0 Å². The fourth-order valence-electron chi connectivity index (χ4n) is 2.44. The van der Waals surface area contributed by atoms with E-state index in [4.69, 9.17) is 0 Å². The van der Waals surface area contributed by atoms with E-state index in [-0.39, 0.29) is 24.5 Å². The molecule has 0 unspecified atom stereocenters. The zero-order valence-corrected chi connectivity index (χ0v) is 9.04. The molecular weight excluding hydrogens is 195 g/mol. The van der Waals surface area contributed by atoms with Crippen molar-refractivity contribution < 1.29 is 9.18 Å². The topological polar surface area (TPSA) is 32.3 Å². The summed E-state index contributed by atoms with van der Waals surface area (Å²) in [5.74, 6) is 0.267. The highest BCUT2D eigenvalue weighted by Gasteiger charge is 2.31. The predicted molar refractivity (Wildman–Crippen MR) is 56.3 cm³/mol. The van der Waals surface area contributed by atoms with Crippen LogP contribution in [0.4, 0.5) is 4.39 Å². The molecule has 3 nitrogen and oxygen atoms in total. The van der Waals surface area contributed by atoms with Crippen molar-refractivity contribution in [2.24, 2.45) is 5.92 Å². The summed E-state index contributed by atoms with van der Waals surface area (Å²) < 4.78 is 12.4. The molecule has 0 aromatic heterocycles. The third-order valence-electron chi connectivity index (χ3n) is 3.42. The standard InChI is InChI=1S/C11H19FN2O/c12-7-9-4-6-14(8-9)11(15)10-3-1-2-5-13-10/h9-10,13H,1-8H2/t9-,10+/m0/s1. The minimum absolute atomic E-state index is 0.00267. The number of amides is 1. The zero-order chi connectivity index (χ0) is 10.7. The molecule has 2 heterocycles. The van der Waals surface area contributed by atoms with Crippen molar-refractivity contribution in [3.8, 4) is 0 Å². The minimum Gasteiger partial charge on any atom is -0.341 e. The Kier molecular flexibility index (Phi) is 3.57. The Morgan fingerprint density at radius 3 is 2.87 bits per heavy atom. The van der Waals surface area contributed by atoms with Gasteiger partial charge in [-0.1, -0.05) is 6.42 Å². The van der Waals surface area contributed by atoms with Crippen molar-refractivity contribution in [3.05, 3.63) is 0 Å². The molecular formula is C11H19FN2O. The van der Waals surface area contributed by atoms with E-state index in [1.54, 1.807) is 0 Å². The molecule has 1 amide bonds. The SMILES string of the molecule is O=C([C@H]1CCCCN1)N1CC[C@@H](CF)C1. The van der Waals surface area contributed by atoms with Crippen LogP contribution in [0.1, 0.15) is 25.7 Å². The summed E-state index contributed by atoms with van der Waals surface area (Å²) in [6.07, 6.45) is 4.06. The summed E-state index contributed by atoms with van der Waals surface area (Å²) in [6, 6.07) is -0.00267. The first kappa shape index (κ1) is 10.9. The van der Waals surface area contributed by atoms with Crippen LogP contribution in [-0.4, -0.2) is 43.2 Å². The summed E-state index contributed by atoms with van der Waals surface area (Å²) in [4.78, 5) is 13.8. The molecule has 2 aliphatic rings. The van der Waals surface area contributed by atoms with Crippen molar-refractivity contribution in [3.63, 3.8) is 0 Å². The maximum absolute atomic E-state index is 12.4. The smallest absolute Gasteiger partial charge is 0.239 e. The van der Waals surface area contributed by atoms with E-state index in [0.717, 1.165) is 38.8 Å². The summed E-state index contributed by atoms with van der Waals surface area (Å²) >= 11 is 0. The summed E-state index contributed by atoms with van der Waals surface area (Å²) in [7, 11) is 0. The highest BCUT2D eigenvalue weighted by Crippen LogP contribution is 2.19. The molecule has 2 fully saturated rings. The second-order valence-corrected chi connectivity index (χ2v) is 4.60. The largest absolute Gasteiger partial charge is 0.341 e. The van der Waals surface area contributed by atoms with Crippen LogP contribution in [0.2, 0.25) is 0 Å². The third-order valence-corrected chi connectivity index (χ3v) is 3.42. The number of nitrogens with zero attached hydrogens (tertiary/aromatic N) is 1. The molecule has 0 bridgehead atoms. The van der Waals surface area contributed by atoms with Gasteiger partial charge in [0.15, 0.2) is 0 Å². The molecule has 2 saturated heterocycles. The highest BCUT2D eigenvalue weighted by molar-refractivity contribution is 5.82. The highest BCUT2D eigenvalue weighted by atomic mass is 19.1. The second kappa shape index (κ2) is 4.92. The molecule has 2 aliphatic heterocycles. The molecule has 2 rings (SSSR count). The van der Waals surface area contributed by atoms with Crippen LogP contribution in [-0.2, 0) is 4.79 Å². The van der Waals surface area contributed by atoms with E-state index < -0.39 is 0 Å². The van der Waals surface area contributed by atoms with Gasteiger partial charge in [-0.3, -0.25) is 9.18 Å². The van der Waals surface area contributed by atoms with Gasteiger partial charge < -0.3 is 10.2 Å². The number of alkyl halides is 1. The van der Waals surface area contributed by atoms with Crippen molar-refractivity contribution in [2.75, 3.05) is 26.3 Å². The van der Waals surface area contributed by atoms with Gasteiger partial charge >= 0.3 is 0 Å². The van der Waals surface area contributed by atoms with Gasteiger partial charge in [0.05, 0.1) is 12.7 Å². The van der Waals surface area contributed by atoms with Crippen LogP contribution in [0.25, 0.3) is 0 Å². The Bertz CT molecular complexity index is 229. The van der Waals surface area contributed by atoms with Gasteiger partial charge in [-0.15, -0.1) is 0 Å². The lowest BCUT2D eigenvalue weighted by Crippen LogP contribution is -2.47. The first-order valence-electron chi connectivity index (χ1n) is 5.89. The van der Waals surface area contributed by atoms with Crippen molar-refractivity contribution in [2.45, 2.75) is 31.7 Å². The maximum Gasteiger partial charge on any atom is 0.239 e. The number of likely N-dealkylation sites (tertiary alicyclic amines) is 1. The first-order chi connectivity index (χ1) is 7.31. The monoisotopic (exact) mass is 214 g/mol. The van der Waals surface area contributed by atoms with E-state index >= 15 is 0 Å². The summed E-state index contributed by atoms with van der Waals surface area (Å²) in [6.45, 7) is 2.01. The number of halogens is 1. The fraction of sp³-hybridized carbons (Fsp3) is 0.909.